The molecule has 0 aliphatic heterocycles. The lowest BCUT2D eigenvalue weighted by molar-refractivity contribution is 0.0933. The van der Waals surface area contributed by atoms with Gasteiger partial charge in [-0.2, -0.15) is 0 Å². The Kier molecular flexibility index (Phi) is 9.56. The van der Waals surface area contributed by atoms with Crippen molar-refractivity contribution in [3.8, 4) is 17.2 Å². The van der Waals surface area contributed by atoms with E-state index in [4.69, 9.17) is 61.2 Å². The highest BCUT2D eigenvalue weighted by molar-refractivity contribution is 14.1. The molecule has 7 nitrogen and oxygen atoms in total. The van der Waals surface area contributed by atoms with E-state index in [2.05, 4.69) is 38.5 Å². The van der Waals surface area contributed by atoms with E-state index in [1.54, 1.807) is 0 Å². The van der Waals surface area contributed by atoms with Crippen LogP contribution in [-0.4, -0.2) is 42.3 Å². The van der Waals surface area contributed by atoms with Crippen LogP contribution in [0.1, 0.15) is 10.4 Å². The molecule has 2 rings (SSSR count). The normalized spacial score (nSPS) is 11.8. The van der Waals surface area contributed by atoms with Crippen molar-refractivity contribution in [1.82, 2.24) is 10.6 Å². The minimum atomic E-state index is -1.91. The number of halogens is 4. The highest BCUT2D eigenvalue weighted by atomic mass is 127. The van der Waals surface area contributed by atoms with Crippen molar-refractivity contribution in [2.45, 2.75) is 9.96 Å². The van der Waals surface area contributed by atoms with Crippen LogP contribution >= 0.6 is 69.6 Å². The molecule has 1 atom stereocenters. The van der Waals surface area contributed by atoms with Gasteiger partial charge in [-0.3, -0.25) is 4.79 Å². The summed E-state index contributed by atoms with van der Waals surface area (Å²) in [6.45, 7) is 0. The van der Waals surface area contributed by atoms with Gasteiger partial charge in [0.2, 0.25) is 9.54 Å². The molecule has 2 aromatic carbocycles. The van der Waals surface area contributed by atoms with Crippen molar-refractivity contribution in [2.24, 2.45) is 0 Å². The van der Waals surface area contributed by atoms with Gasteiger partial charge in [0.15, 0.2) is 16.6 Å². The molecule has 0 saturated heterocycles. The molecular weight excluding hydrogens is 600 g/mol. The first kappa shape index (κ1) is 25.9. The maximum absolute atomic E-state index is 12.9. The number of nitrogens with one attached hydrogen (secondary N) is 3. The van der Waals surface area contributed by atoms with Crippen LogP contribution in [0.15, 0.2) is 36.4 Å². The Morgan fingerprint density at radius 2 is 1.55 bits per heavy atom. The molecule has 3 N–H and O–H groups in total. The van der Waals surface area contributed by atoms with E-state index in [1.807, 2.05) is 24.3 Å². The Hall–Kier alpha value is -1.40. The Morgan fingerprint density at radius 3 is 2.00 bits per heavy atom. The molecule has 0 fully saturated rings. The zero-order valence-electron chi connectivity index (χ0n) is 16.6. The minimum absolute atomic E-state index is 0.155. The fourth-order valence-corrected chi connectivity index (χ4v) is 3.38. The number of methoxy groups -OCH3 is 3. The average molecular weight is 619 g/mol. The fraction of sp³-hybridized carbons (Fsp3) is 0.263. The third kappa shape index (κ3) is 7.31. The molecule has 1 amide bonds. The van der Waals surface area contributed by atoms with Crippen LogP contribution < -0.4 is 30.2 Å². The number of ether oxygens (including phenoxy) is 3. The van der Waals surface area contributed by atoms with Crippen molar-refractivity contribution in [1.29, 1.82) is 0 Å². The second-order valence-corrected chi connectivity index (χ2v) is 9.99. The summed E-state index contributed by atoms with van der Waals surface area (Å²) in [6, 6.07) is 10.5. The van der Waals surface area contributed by atoms with Crippen LogP contribution in [-0.2, 0) is 0 Å². The minimum Gasteiger partial charge on any atom is -0.493 e. The van der Waals surface area contributed by atoms with Crippen LogP contribution in [0.5, 0.6) is 17.2 Å². The number of carbonyl (C=O) groups is 1. The molecule has 0 unspecified atom stereocenters. The number of benzene rings is 2. The van der Waals surface area contributed by atoms with E-state index >= 15 is 0 Å². The average Bonchev–Trinajstić information content (AvgIpc) is 2.72. The van der Waals surface area contributed by atoms with Crippen LogP contribution in [0.25, 0.3) is 0 Å². The number of hydrogen-bond donors (Lipinski definition) is 3. The SMILES string of the molecule is COc1cc(C(=O)N[C@H](NC(=S)Nc2ccc(I)cc2)C(Cl)(Cl)Cl)cc(OC)c1OC. The Balaban J connectivity index is 2.19. The predicted octanol–water partition coefficient (Wildman–Crippen LogP) is 4.73. The Bertz CT molecular complexity index is 917. The quantitative estimate of drug-likeness (QED) is 0.179. The number of alkyl halides is 3. The summed E-state index contributed by atoms with van der Waals surface area (Å²) in [5.41, 5.74) is 0.934. The zero-order valence-corrected chi connectivity index (χ0v) is 21.8. The Morgan fingerprint density at radius 1 is 1.00 bits per heavy atom. The van der Waals surface area contributed by atoms with Crippen molar-refractivity contribution >= 4 is 86.3 Å². The number of hydrogen-bond acceptors (Lipinski definition) is 5. The predicted molar refractivity (Wildman–Crippen MR) is 136 cm³/mol. The standard InChI is InChI=1S/C19H19Cl3IN3O4S/c1-28-13-8-10(9-14(29-2)15(13)30-3)16(27)25-17(19(20,21)22)26-18(31)24-12-6-4-11(23)5-7-12/h4-9,17H,1-3H3,(H,25,27)(H2,24,26,31)/t17-/m1/s1. The van der Waals surface area contributed by atoms with Gasteiger partial charge in [-0.15, -0.1) is 0 Å². The summed E-state index contributed by atoms with van der Waals surface area (Å²) < 4.78 is 15.0. The van der Waals surface area contributed by atoms with Crippen LogP contribution in [0, 0.1) is 3.57 Å². The second-order valence-electron chi connectivity index (χ2n) is 5.97. The van der Waals surface area contributed by atoms with E-state index in [0.29, 0.717) is 17.2 Å². The first-order valence-electron chi connectivity index (χ1n) is 8.59. The van der Waals surface area contributed by atoms with Crippen molar-refractivity contribution in [2.75, 3.05) is 26.6 Å². The molecule has 0 bridgehead atoms. The maximum atomic E-state index is 12.9. The first-order valence-corrected chi connectivity index (χ1v) is 11.2. The lowest BCUT2D eigenvalue weighted by Crippen LogP contribution is -2.56. The summed E-state index contributed by atoms with van der Waals surface area (Å²) in [5.74, 6) is 0.406. The summed E-state index contributed by atoms with van der Waals surface area (Å²) in [4.78, 5) is 12.9. The van der Waals surface area contributed by atoms with E-state index in [1.165, 1.54) is 33.5 Å². The largest absolute Gasteiger partial charge is 0.493 e. The van der Waals surface area contributed by atoms with E-state index in [0.717, 1.165) is 9.26 Å². The number of rotatable bonds is 7. The van der Waals surface area contributed by atoms with Gasteiger partial charge in [0, 0.05) is 14.8 Å². The van der Waals surface area contributed by atoms with Gasteiger partial charge in [-0.1, -0.05) is 34.8 Å². The number of thiocarbonyl (C=S) groups is 1. The molecule has 31 heavy (non-hydrogen) atoms. The molecule has 0 aliphatic rings. The molecule has 0 aliphatic carbocycles. The second kappa shape index (κ2) is 11.5. The van der Waals surface area contributed by atoms with Gasteiger partial charge in [0.25, 0.3) is 5.91 Å². The third-order valence-corrected chi connectivity index (χ3v) is 5.50. The molecule has 12 heteroatoms. The molecule has 2 aromatic rings. The molecule has 0 radical (unpaired) electrons. The fourth-order valence-electron chi connectivity index (χ4n) is 2.46. The lowest BCUT2D eigenvalue weighted by Gasteiger charge is -2.28. The molecular formula is C19H19Cl3IN3O4S. The summed E-state index contributed by atoms with van der Waals surface area (Å²) in [5, 5.41) is 8.54. The lowest BCUT2D eigenvalue weighted by atomic mass is 10.1. The zero-order chi connectivity index (χ0) is 23.2. The first-order chi connectivity index (χ1) is 14.6. The smallest absolute Gasteiger partial charge is 0.253 e. The van der Waals surface area contributed by atoms with E-state index in [9.17, 15) is 4.79 Å². The van der Waals surface area contributed by atoms with Gasteiger partial charge < -0.3 is 30.2 Å². The van der Waals surface area contributed by atoms with Crippen LogP contribution in [0.4, 0.5) is 5.69 Å². The Labute approximate surface area is 214 Å². The number of carbonyl (C=O) groups excluding carboxylic acids is 1. The van der Waals surface area contributed by atoms with Crippen molar-refractivity contribution in [3.05, 3.63) is 45.5 Å². The van der Waals surface area contributed by atoms with E-state index in [-0.39, 0.29) is 10.7 Å². The molecule has 0 spiro atoms. The van der Waals surface area contributed by atoms with Gasteiger partial charge in [-0.05, 0) is 71.2 Å². The van der Waals surface area contributed by atoms with Crippen LogP contribution in [0.3, 0.4) is 0 Å². The van der Waals surface area contributed by atoms with E-state index < -0.39 is 15.9 Å². The van der Waals surface area contributed by atoms with Crippen LogP contribution in [0.2, 0.25) is 0 Å². The number of amides is 1. The molecule has 168 valence electrons. The van der Waals surface area contributed by atoms with Gasteiger partial charge in [-0.25, -0.2) is 0 Å². The maximum Gasteiger partial charge on any atom is 0.253 e. The number of anilines is 1. The highest BCUT2D eigenvalue weighted by Crippen LogP contribution is 2.38. The molecule has 0 aromatic heterocycles. The summed E-state index contributed by atoms with van der Waals surface area (Å²) in [7, 11) is 4.35. The van der Waals surface area contributed by atoms with Gasteiger partial charge in [0.05, 0.1) is 21.3 Å². The molecule has 0 saturated carbocycles. The van der Waals surface area contributed by atoms with Crippen molar-refractivity contribution < 1.29 is 19.0 Å². The third-order valence-electron chi connectivity index (χ3n) is 3.91. The monoisotopic (exact) mass is 617 g/mol. The summed E-state index contributed by atoms with van der Waals surface area (Å²) >= 11 is 25.7. The van der Waals surface area contributed by atoms with Crippen molar-refractivity contribution in [3.63, 3.8) is 0 Å². The summed E-state index contributed by atoms with van der Waals surface area (Å²) in [6.07, 6.45) is -1.15. The van der Waals surface area contributed by atoms with Gasteiger partial charge >= 0.3 is 0 Å². The highest BCUT2D eigenvalue weighted by Gasteiger charge is 2.35. The topological polar surface area (TPSA) is 80.9 Å². The molecule has 0 heterocycles. The van der Waals surface area contributed by atoms with Gasteiger partial charge in [0.1, 0.15) is 6.17 Å².